The summed E-state index contributed by atoms with van der Waals surface area (Å²) in [5.74, 6) is 0.0976. The van der Waals surface area contributed by atoms with Crippen molar-refractivity contribution in [1.29, 1.82) is 0 Å². The number of hydrogen-bond acceptors (Lipinski definition) is 4. The fraction of sp³-hybridized carbons (Fsp3) is 0.583. The Kier molecular flexibility index (Phi) is 3.99. The van der Waals surface area contributed by atoms with E-state index in [0.29, 0.717) is 18.2 Å². The molecule has 0 bridgehead atoms. The SMILES string of the molecule is O=C(CCCC1CCCO1)c1ccncn1. The van der Waals surface area contributed by atoms with Crippen molar-refractivity contribution in [3.05, 3.63) is 24.3 Å². The first kappa shape index (κ1) is 11.2. The first-order valence-electron chi connectivity index (χ1n) is 5.77. The van der Waals surface area contributed by atoms with Gasteiger partial charge in [-0.2, -0.15) is 0 Å². The van der Waals surface area contributed by atoms with Crippen LogP contribution in [0.15, 0.2) is 18.6 Å². The molecule has 1 aliphatic rings. The molecule has 1 fully saturated rings. The Morgan fingerprint density at radius 3 is 3.19 bits per heavy atom. The van der Waals surface area contributed by atoms with E-state index in [-0.39, 0.29) is 5.78 Å². The van der Waals surface area contributed by atoms with Gasteiger partial charge in [-0.05, 0) is 31.7 Å². The van der Waals surface area contributed by atoms with Crippen LogP contribution in [0.25, 0.3) is 0 Å². The maximum atomic E-state index is 11.7. The van der Waals surface area contributed by atoms with Crippen LogP contribution in [-0.2, 0) is 4.74 Å². The monoisotopic (exact) mass is 220 g/mol. The maximum absolute atomic E-state index is 11.7. The largest absolute Gasteiger partial charge is 0.378 e. The molecular weight excluding hydrogens is 204 g/mol. The van der Waals surface area contributed by atoms with Gasteiger partial charge in [0.25, 0.3) is 0 Å². The zero-order valence-corrected chi connectivity index (χ0v) is 9.26. The molecule has 1 aromatic rings. The number of carbonyl (C=O) groups is 1. The van der Waals surface area contributed by atoms with Crippen molar-refractivity contribution in [1.82, 2.24) is 9.97 Å². The van der Waals surface area contributed by atoms with E-state index in [1.165, 1.54) is 6.33 Å². The number of rotatable bonds is 5. The van der Waals surface area contributed by atoms with E-state index < -0.39 is 0 Å². The molecule has 0 radical (unpaired) electrons. The van der Waals surface area contributed by atoms with Gasteiger partial charge in [-0.1, -0.05) is 0 Å². The number of ether oxygens (including phenoxy) is 1. The lowest BCUT2D eigenvalue weighted by molar-refractivity contribution is 0.0919. The van der Waals surface area contributed by atoms with Crippen LogP contribution in [0.2, 0.25) is 0 Å². The molecule has 1 saturated heterocycles. The molecule has 1 aromatic heterocycles. The molecule has 2 heterocycles. The highest BCUT2D eigenvalue weighted by Gasteiger charge is 2.15. The summed E-state index contributed by atoms with van der Waals surface area (Å²) in [6.07, 6.45) is 8.10. The van der Waals surface area contributed by atoms with Gasteiger partial charge in [0.2, 0.25) is 0 Å². The lowest BCUT2D eigenvalue weighted by Crippen LogP contribution is -2.07. The second-order valence-corrected chi connectivity index (χ2v) is 4.05. The third-order valence-corrected chi connectivity index (χ3v) is 2.82. The number of aromatic nitrogens is 2. The molecule has 0 aliphatic carbocycles. The first-order chi connectivity index (χ1) is 7.86. The molecule has 0 N–H and O–H groups in total. The molecule has 2 rings (SSSR count). The molecule has 1 aliphatic heterocycles. The zero-order chi connectivity index (χ0) is 11.2. The Bertz CT molecular complexity index is 334. The molecular formula is C12H16N2O2. The molecule has 0 amide bonds. The van der Waals surface area contributed by atoms with Crippen molar-refractivity contribution in [2.75, 3.05) is 6.61 Å². The minimum Gasteiger partial charge on any atom is -0.378 e. The quantitative estimate of drug-likeness (QED) is 0.712. The average Bonchev–Trinajstić information content (AvgIpc) is 2.83. The summed E-state index contributed by atoms with van der Waals surface area (Å²) in [7, 11) is 0. The van der Waals surface area contributed by atoms with Crippen molar-refractivity contribution in [2.24, 2.45) is 0 Å². The maximum Gasteiger partial charge on any atom is 0.181 e. The van der Waals surface area contributed by atoms with Crippen LogP contribution < -0.4 is 0 Å². The van der Waals surface area contributed by atoms with E-state index in [1.54, 1.807) is 12.3 Å². The Morgan fingerprint density at radius 1 is 1.56 bits per heavy atom. The predicted molar refractivity (Wildman–Crippen MR) is 59.2 cm³/mol. The fourth-order valence-electron chi connectivity index (χ4n) is 1.95. The van der Waals surface area contributed by atoms with Gasteiger partial charge < -0.3 is 4.74 Å². The normalized spacial score (nSPS) is 19.9. The Balaban J connectivity index is 1.71. The van der Waals surface area contributed by atoms with Gasteiger partial charge in [-0.25, -0.2) is 9.97 Å². The molecule has 16 heavy (non-hydrogen) atoms. The Labute approximate surface area is 95.1 Å². The number of carbonyl (C=O) groups excluding carboxylic acids is 1. The van der Waals surface area contributed by atoms with E-state index in [1.807, 2.05) is 0 Å². The highest BCUT2D eigenvalue weighted by molar-refractivity contribution is 5.93. The Morgan fingerprint density at radius 2 is 2.50 bits per heavy atom. The predicted octanol–water partition coefficient (Wildman–Crippen LogP) is 2.01. The first-order valence-corrected chi connectivity index (χ1v) is 5.77. The van der Waals surface area contributed by atoms with Crippen LogP contribution in [0.4, 0.5) is 0 Å². The minimum absolute atomic E-state index is 0.0976. The summed E-state index contributed by atoms with van der Waals surface area (Å²) in [5.41, 5.74) is 0.516. The second kappa shape index (κ2) is 5.70. The van der Waals surface area contributed by atoms with Gasteiger partial charge >= 0.3 is 0 Å². The van der Waals surface area contributed by atoms with Crippen LogP contribution in [0.3, 0.4) is 0 Å². The third-order valence-electron chi connectivity index (χ3n) is 2.82. The highest BCUT2D eigenvalue weighted by Crippen LogP contribution is 2.18. The van der Waals surface area contributed by atoms with Crippen molar-refractivity contribution in [2.45, 2.75) is 38.2 Å². The number of ketones is 1. The molecule has 0 spiro atoms. The standard InChI is InChI=1S/C12H16N2O2/c15-12(11-6-7-13-9-14-11)5-1-3-10-4-2-8-16-10/h6-7,9-10H,1-5,8H2. The average molecular weight is 220 g/mol. The molecule has 0 saturated carbocycles. The zero-order valence-electron chi connectivity index (χ0n) is 9.26. The molecule has 1 unspecified atom stereocenters. The summed E-state index contributed by atoms with van der Waals surface area (Å²) in [6, 6.07) is 1.66. The lowest BCUT2D eigenvalue weighted by atomic mass is 10.1. The van der Waals surface area contributed by atoms with Gasteiger partial charge in [0, 0.05) is 19.2 Å². The Hall–Kier alpha value is -1.29. The highest BCUT2D eigenvalue weighted by atomic mass is 16.5. The van der Waals surface area contributed by atoms with Crippen molar-refractivity contribution < 1.29 is 9.53 Å². The van der Waals surface area contributed by atoms with E-state index in [2.05, 4.69) is 9.97 Å². The van der Waals surface area contributed by atoms with Crippen LogP contribution in [0, 0.1) is 0 Å². The lowest BCUT2D eigenvalue weighted by Gasteiger charge is -2.07. The van der Waals surface area contributed by atoms with Crippen LogP contribution >= 0.6 is 0 Å². The number of Topliss-reactive ketones (excluding diaryl/α,β-unsaturated/α-hetero) is 1. The van der Waals surface area contributed by atoms with Crippen LogP contribution in [0.5, 0.6) is 0 Å². The number of nitrogens with zero attached hydrogens (tertiary/aromatic N) is 2. The summed E-state index contributed by atoms with van der Waals surface area (Å²) >= 11 is 0. The smallest absolute Gasteiger partial charge is 0.181 e. The minimum atomic E-state index is 0.0976. The van der Waals surface area contributed by atoms with Crippen molar-refractivity contribution in [3.63, 3.8) is 0 Å². The molecule has 86 valence electrons. The van der Waals surface area contributed by atoms with E-state index in [9.17, 15) is 4.79 Å². The van der Waals surface area contributed by atoms with Gasteiger partial charge in [0.1, 0.15) is 12.0 Å². The number of hydrogen-bond donors (Lipinski definition) is 0. The van der Waals surface area contributed by atoms with Crippen molar-refractivity contribution >= 4 is 5.78 Å². The summed E-state index contributed by atoms with van der Waals surface area (Å²) in [6.45, 7) is 0.879. The summed E-state index contributed by atoms with van der Waals surface area (Å²) in [5, 5.41) is 0. The topological polar surface area (TPSA) is 52.1 Å². The van der Waals surface area contributed by atoms with Gasteiger partial charge in [-0.3, -0.25) is 4.79 Å². The van der Waals surface area contributed by atoms with Crippen LogP contribution in [0.1, 0.15) is 42.6 Å². The summed E-state index contributed by atoms with van der Waals surface area (Å²) < 4.78 is 5.50. The fourth-order valence-corrected chi connectivity index (χ4v) is 1.95. The molecule has 4 nitrogen and oxygen atoms in total. The molecule has 0 aromatic carbocycles. The van der Waals surface area contributed by atoms with E-state index in [0.717, 1.165) is 32.3 Å². The van der Waals surface area contributed by atoms with E-state index in [4.69, 9.17) is 4.74 Å². The van der Waals surface area contributed by atoms with Crippen LogP contribution in [-0.4, -0.2) is 28.5 Å². The van der Waals surface area contributed by atoms with Gasteiger partial charge in [-0.15, -0.1) is 0 Å². The molecule has 1 atom stereocenters. The van der Waals surface area contributed by atoms with Gasteiger partial charge in [0.05, 0.1) is 6.10 Å². The summed E-state index contributed by atoms with van der Waals surface area (Å²) in [4.78, 5) is 19.4. The third kappa shape index (κ3) is 3.10. The van der Waals surface area contributed by atoms with E-state index >= 15 is 0 Å². The van der Waals surface area contributed by atoms with Gasteiger partial charge in [0.15, 0.2) is 5.78 Å². The molecule has 4 heteroatoms. The van der Waals surface area contributed by atoms with Crippen molar-refractivity contribution in [3.8, 4) is 0 Å². The second-order valence-electron chi connectivity index (χ2n) is 4.05.